The van der Waals surface area contributed by atoms with Crippen LogP contribution in [0, 0.1) is 34.6 Å². The highest BCUT2D eigenvalue weighted by Crippen LogP contribution is 2.38. The average molecular weight is 854 g/mol. The third-order valence-corrected chi connectivity index (χ3v) is 12.0. The van der Waals surface area contributed by atoms with E-state index < -0.39 is 0 Å². The molecule has 0 aliphatic rings. The normalized spacial score (nSPS) is 11.3. The van der Waals surface area contributed by atoms with Crippen LogP contribution >= 0.6 is 0 Å². The lowest BCUT2D eigenvalue weighted by Gasteiger charge is -2.26. The Balaban J connectivity index is 0.945. The Labute approximate surface area is 391 Å². The number of nitrogens with zero attached hydrogens (tertiary/aromatic N) is 3. The van der Waals surface area contributed by atoms with Crippen LogP contribution in [0.15, 0.2) is 218 Å². The minimum absolute atomic E-state index is 1.09. The van der Waals surface area contributed by atoms with E-state index in [1.165, 1.54) is 27.8 Å². The molecule has 0 saturated heterocycles. The minimum Gasteiger partial charge on any atom is -0.311 e. The molecule has 0 fully saturated rings. The molecular weight excluding hydrogens is 799 g/mol. The predicted octanol–water partition coefficient (Wildman–Crippen LogP) is 18.0. The molecule has 0 aliphatic carbocycles. The Morgan fingerprint density at radius 2 is 0.424 bits per heavy atom. The molecule has 0 atom stereocenters. The second kappa shape index (κ2) is 19.7. The lowest BCUT2D eigenvalue weighted by molar-refractivity contribution is 1.27. The van der Waals surface area contributed by atoms with Gasteiger partial charge in [0.25, 0.3) is 0 Å². The maximum atomic E-state index is 2.32. The van der Waals surface area contributed by atoms with Crippen molar-refractivity contribution >= 4 is 75.5 Å². The van der Waals surface area contributed by atoms with Gasteiger partial charge in [0.15, 0.2) is 0 Å². The molecule has 9 aromatic rings. The summed E-state index contributed by atoms with van der Waals surface area (Å²) < 4.78 is 0. The van der Waals surface area contributed by atoms with Gasteiger partial charge in [-0.05, 0) is 166 Å². The molecule has 9 aromatic carbocycles. The smallest absolute Gasteiger partial charge is 0.0467 e. The predicted molar refractivity (Wildman–Crippen MR) is 285 cm³/mol. The summed E-state index contributed by atoms with van der Waals surface area (Å²) in [5, 5.41) is 0. The molecule has 3 heteroatoms. The first kappa shape index (κ1) is 43.1. The summed E-state index contributed by atoms with van der Waals surface area (Å²) in [4.78, 5) is 6.96. The summed E-state index contributed by atoms with van der Waals surface area (Å²) in [6.07, 6.45) is 8.79. The van der Waals surface area contributed by atoms with Gasteiger partial charge in [-0.15, -0.1) is 0 Å². The summed E-state index contributed by atoms with van der Waals surface area (Å²) in [6, 6.07) is 78.8. The SMILES string of the molecule is Cc1ccc(N(c2ccc(/C=C/c3cccc(N(c4ccc(C)cc4)c4ccc(C)cc4)c3)cc2)c2ccc(/C=C/c3cccc(N(c4ccc(C)cc4)c4ccc(C)cc4)c3)cc2)cc1. The summed E-state index contributed by atoms with van der Waals surface area (Å²) in [5.74, 6) is 0. The molecule has 0 aromatic heterocycles. The van der Waals surface area contributed by atoms with Gasteiger partial charge in [0.05, 0.1) is 0 Å². The third-order valence-electron chi connectivity index (χ3n) is 12.0. The summed E-state index contributed by atoms with van der Waals surface area (Å²) >= 11 is 0. The number of anilines is 9. The summed E-state index contributed by atoms with van der Waals surface area (Å²) in [6.45, 7) is 10.6. The van der Waals surface area contributed by atoms with E-state index in [2.05, 4.69) is 292 Å². The van der Waals surface area contributed by atoms with Crippen molar-refractivity contribution in [2.24, 2.45) is 0 Å². The van der Waals surface area contributed by atoms with Crippen molar-refractivity contribution in [3.8, 4) is 0 Å². The molecule has 9 rings (SSSR count). The van der Waals surface area contributed by atoms with E-state index in [4.69, 9.17) is 0 Å². The largest absolute Gasteiger partial charge is 0.311 e. The standard InChI is InChI=1S/C63H55N3/c1-46-12-30-55(31-13-46)64(60-40-26-51(27-41-60)22-24-53-8-6-10-62(44-53)65(56-32-14-47(2)15-33-56)57-34-16-48(3)17-35-57)61-42-28-52(29-43-61)23-25-54-9-7-11-63(45-54)66(58-36-18-49(4)19-37-58)59-38-20-50(5)21-39-59/h6-45H,1-5H3/b24-22+,25-23+. The molecule has 0 unspecified atom stereocenters. The molecule has 3 nitrogen and oxygen atoms in total. The van der Waals surface area contributed by atoms with Gasteiger partial charge < -0.3 is 14.7 Å². The molecule has 0 spiro atoms. The van der Waals surface area contributed by atoms with Crippen molar-refractivity contribution in [1.29, 1.82) is 0 Å². The van der Waals surface area contributed by atoms with Gasteiger partial charge >= 0.3 is 0 Å². The third kappa shape index (κ3) is 10.3. The number of hydrogen-bond acceptors (Lipinski definition) is 3. The van der Waals surface area contributed by atoms with Crippen molar-refractivity contribution in [3.63, 3.8) is 0 Å². The fourth-order valence-corrected chi connectivity index (χ4v) is 8.20. The molecule has 0 saturated carbocycles. The van der Waals surface area contributed by atoms with Gasteiger partial charge in [0.2, 0.25) is 0 Å². The van der Waals surface area contributed by atoms with Gasteiger partial charge in [0.1, 0.15) is 0 Å². The quantitative estimate of drug-likeness (QED) is 0.107. The maximum Gasteiger partial charge on any atom is 0.0467 e. The van der Waals surface area contributed by atoms with Crippen LogP contribution in [0.3, 0.4) is 0 Å². The van der Waals surface area contributed by atoms with Crippen molar-refractivity contribution in [2.45, 2.75) is 34.6 Å². The second-order valence-corrected chi connectivity index (χ2v) is 17.2. The molecule has 0 heterocycles. The van der Waals surface area contributed by atoms with Crippen LogP contribution in [-0.2, 0) is 0 Å². The zero-order chi connectivity index (χ0) is 45.4. The van der Waals surface area contributed by atoms with Gasteiger partial charge in [-0.25, -0.2) is 0 Å². The van der Waals surface area contributed by atoms with Crippen molar-refractivity contribution in [2.75, 3.05) is 14.7 Å². The number of aryl methyl sites for hydroxylation is 5. The van der Waals surface area contributed by atoms with E-state index in [-0.39, 0.29) is 0 Å². The highest BCUT2D eigenvalue weighted by atomic mass is 15.2. The van der Waals surface area contributed by atoms with Crippen LogP contribution in [0.2, 0.25) is 0 Å². The summed E-state index contributed by atoms with van der Waals surface area (Å²) in [7, 11) is 0. The van der Waals surface area contributed by atoms with Crippen LogP contribution in [0.25, 0.3) is 24.3 Å². The van der Waals surface area contributed by atoms with Gasteiger partial charge in [0, 0.05) is 51.2 Å². The Kier molecular flexibility index (Phi) is 12.9. The fraction of sp³-hybridized carbons (Fsp3) is 0.0794. The molecule has 66 heavy (non-hydrogen) atoms. The van der Waals surface area contributed by atoms with E-state index in [0.717, 1.165) is 73.4 Å². The van der Waals surface area contributed by atoms with E-state index in [9.17, 15) is 0 Å². The van der Waals surface area contributed by atoms with Gasteiger partial charge in [-0.3, -0.25) is 0 Å². The van der Waals surface area contributed by atoms with Crippen molar-refractivity contribution < 1.29 is 0 Å². The van der Waals surface area contributed by atoms with Crippen molar-refractivity contribution in [3.05, 3.63) is 268 Å². The van der Waals surface area contributed by atoms with Crippen LogP contribution in [0.5, 0.6) is 0 Å². The Hall–Kier alpha value is -8.14. The van der Waals surface area contributed by atoms with Crippen LogP contribution < -0.4 is 14.7 Å². The average Bonchev–Trinajstić information content (AvgIpc) is 3.34. The van der Waals surface area contributed by atoms with E-state index in [0.29, 0.717) is 0 Å². The van der Waals surface area contributed by atoms with Crippen LogP contribution in [0.1, 0.15) is 50.1 Å². The lowest BCUT2D eigenvalue weighted by atomic mass is 10.1. The van der Waals surface area contributed by atoms with Crippen molar-refractivity contribution in [1.82, 2.24) is 0 Å². The molecule has 0 amide bonds. The molecular formula is C63H55N3. The van der Waals surface area contributed by atoms with Gasteiger partial charge in [-0.2, -0.15) is 0 Å². The molecule has 0 bridgehead atoms. The van der Waals surface area contributed by atoms with E-state index >= 15 is 0 Å². The first-order valence-electron chi connectivity index (χ1n) is 22.7. The van der Waals surface area contributed by atoms with Crippen LogP contribution in [-0.4, -0.2) is 0 Å². The van der Waals surface area contributed by atoms with Gasteiger partial charge in [-0.1, -0.05) is 161 Å². The minimum atomic E-state index is 1.09. The summed E-state index contributed by atoms with van der Waals surface area (Å²) in [5.41, 5.74) is 20.8. The Morgan fingerprint density at radius 1 is 0.212 bits per heavy atom. The number of benzene rings is 9. The highest BCUT2D eigenvalue weighted by molar-refractivity contribution is 5.83. The zero-order valence-electron chi connectivity index (χ0n) is 38.4. The van der Waals surface area contributed by atoms with Crippen LogP contribution in [0.4, 0.5) is 51.2 Å². The maximum absolute atomic E-state index is 2.32. The zero-order valence-corrected chi connectivity index (χ0v) is 38.4. The molecule has 0 N–H and O–H groups in total. The first-order chi connectivity index (χ1) is 32.2. The second-order valence-electron chi connectivity index (χ2n) is 17.2. The highest BCUT2D eigenvalue weighted by Gasteiger charge is 2.15. The van der Waals surface area contributed by atoms with E-state index in [1.807, 2.05) is 0 Å². The lowest BCUT2D eigenvalue weighted by Crippen LogP contribution is -2.10. The topological polar surface area (TPSA) is 9.72 Å². The fourth-order valence-electron chi connectivity index (χ4n) is 8.20. The number of rotatable bonds is 13. The number of hydrogen-bond donors (Lipinski definition) is 0. The molecule has 0 radical (unpaired) electrons. The first-order valence-corrected chi connectivity index (χ1v) is 22.7. The molecule has 0 aliphatic heterocycles. The Bertz CT molecular complexity index is 2790. The molecule has 322 valence electrons. The monoisotopic (exact) mass is 853 g/mol. The van der Waals surface area contributed by atoms with E-state index in [1.54, 1.807) is 0 Å². The Morgan fingerprint density at radius 3 is 0.682 bits per heavy atom.